The summed E-state index contributed by atoms with van der Waals surface area (Å²) in [7, 11) is 0. The van der Waals surface area contributed by atoms with E-state index in [1.165, 1.54) is 18.7 Å². The van der Waals surface area contributed by atoms with E-state index in [4.69, 9.17) is 9.47 Å². The third kappa shape index (κ3) is 3.70. The minimum atomic E-state index is -1.09. The molecule has 2 aliphatic carbocycles. The summed E-state index contributed by atoms with van der Waals surface area (Å²) in [5, 5.41) is 13.8. The van der Waals surface area contributed by atoms with Crippen LogP contribution in [0.1, 0.15) is 47.0 Å². The molecular weight excluding hydrogens is 370 g/mol. The molecule has 0 aromatic rings. The summed E-state index contributed by atoms with van der Waals surface area (Å²) in [6.07, 6.45) is 1.73. The number of amides is 1. The lowest BCUT2D eigenvalue weighted by atomic mass is 9.66. The first-order chi connectivity index (χ1) is 12.6. The second-order valence-electron chi connectivity index (χ2n) is 8.31. The van der Waals surface area contributed by atoms with Gasteiger partial charge in [0.1, 0.15) is 23.7 Å². The fraction of sp³-hybridized carbons (Fsp3) is 0.842. The fourth-order valence-corrected chi connectivity index (χ4v) is 6.49. The maximum Gasteiger partial charge on any atom is 0.329 e. The van der Waals surface area contributed by atoms with Gasteiger partial charge in [-0.05, 0) is 44.9 Å². The molecule has 1 heterocycles. The van der Waals surface area contributed by atoms with Crippen LogP contribution in [0.3, 0.4) is 0 Å². The molecule has 152 valence electrons. The predicted octanol–water partition coefficient (Wildman–Crippen LogP) is 1.27. The van der Waals surface area contributed by atoms with Gasteiger partial charge >= 0.3 is 11.9 Å². The normalized spacial score (nSPS) is 38.3. The van der Waals surface area contributed by atoms with Crippen molar-refractivity contribution in [2.45, 2.75) is 76.1 Å². The zero-order chi connectivity index (χ0) is 19.9. The van der Waals surface area contributed by atoms with E-state index in [0.29, 0.717) is 6.42 Å². The van der Waals surface area contributed by atoms with Crippen molar-refractivity contribution in [2.24, 2.45) is 17.8 Å². The molecule has 0 aromatic heterocycles. The van der Waals surface area contributed by atoms with E-state index in [2.05, 4.69) is 12.2 Å². The molecule has 7 atom stereocenters. The van der Waals surface area contributed by atoms with Crippen LogP contribution in [-0.2, 0) is 23.9 Å². The van der Waals surface area contributed by atoms with Crippen molar-refractivity contribution in [3.8, 4) is 0 Å². The Morgan fingerprint density at radius 3 is 2.74 bits per heavy atom. The van der Waals surface area contributed by atoms with Gasteiger partial charge in [-0.15, -0.1) is 0 Å². The Labute approximate surface area is 163 Å². The Balaban J connectivity index is 1.73. The van der Waals surface area contributed by atoms with Crippen molar-refractivity contribution >= 4 is 29.6 Å². The number of aliphatic hydroxyl groups is 1. The SMILES string of the molecule is CC(=O)N[C@@H](CS[C@H]1C2C(=O)O[C@@H]3CC[C@H](C[C@@H]1C)[C@]23O)C(=O)OC(C)C. The van der Waals surface area contributed by atoms with Gasteiger partial charge in [0.05, 0.1) is 6.10 Å². The molecule has 8 heteroatoms. The zero-order valence-electron chi connectivity index (χ0n) is 16.3. The van der Waals surface area contributed by atoms with Gasteiger partial charge in [-0.3, -0.25) is 9.59 Å². The highest BCUT2D eigenvalue weighted by atomic mass is 32.2. The monoisotopic (exact) mass is 399 g/mol. The smallest absolute Gasteiger partial charge is 0.329 e. The lowest BCUT2D eigenvalue weighted by Gasteiger charge is -2.44. The van der Waals surface area contributed by atoms with Crippen LogP contribution in [0.5, 0.6) is 0 Å². The number of esters is 2. The summed E-state index contributed by atoms with van der Waals surface area (Å²) < 4.78 is 10.7. The average molecular weight is 400 g/mol. The van der Waals surface area contributed by atoms with Crippen LogP contribution in [0, 0.1) is 17.8 Å². The Bertz CT molecular complexity index is 625. The van der Waals surface area contributed by atoms with Crippen molar-refractivity contribution in [2.75, 3.05) is 5.75 Å². The van der Waals surface area contributed by atoms with E-state index in [1.54, 1.807) is 13.8 Å². The summed E-state index contributed by atoms with van der Waals surface area (Å²) in [6.45, 7) is 6.94. The highest BCUT2D eigenvalue weighted by Gasteiger charge is 2.68. The third-order valence-electron chi connectivity index (χ3n) is 5.97. The van der Waals surface area contributed by atoms with E-state index in [9.17, 15) is 19.5 Å². The Morgan fingerprint density at radius 1 is 1.41 bits per heavy atom. The summed E-state index contributed by atoms with van der Waals surface area (Å²) in [6, 6.07) is -0.786. The Morgan fingerprint density at radius 2 is 2.11 bits per heavy atom. The standard InChI is InChI=1S/C19H29NO6S/c1-9(2)25-17(22)13(20-11(4)21)8-27-16-10(3)7-12-5-6-14-19(12,24)15(16)18(23)26-14/h9-10,12-16,24H,5-8H2,1-4H3,(H,20,21)/t10-,12+,13-,14+,15?,16+,19+/m0/s1. The minimum absolute atomic E-state index is 0.0860. The molecule has 27 heavy (non-hydrogen) atoms. The summed E-state index contributed by atoms with van der Waals surface area (Å²) in [5.41, 5.74) is -1.09. The second-order valence-corrected chi connectivity index (χ2v) is 9.53. The van der Waals surface area contributed by atoms with Gasteiger partial charge in [-0.1, -0.05) is 6.92 Å². The highest BCUT2D eigenvalue weighted by molar-refractivity contribution is 8.00. The molecule has 3 aliphatic rings. The minimum Gasteiger partial charge on any atom is -0.461 e. The predicted molar refractivity (Wildman–Crippen MR) is 99.9 cm³/mol. The average Bonchev–Trinajstić information content (AvgIpc) is 2.99. The molecule has 0 aromatic carbocycles. The van der Waals surface area contributed by atoms with Gasteiger partial charge in [0.25, 0.3) is 0 Å². The van der Waals surface area contributed by atoms with Crippen molar-refractivity contribution in [3.05, 3.63) is 0 Å². The number of nitrogens with one attached hydrogen (secondary N) is 1. The van der Waals surface area contributed by atoms with Gasteiger partial charge in [-0.2, -0.15) is 11.8 Å². The number of carbonyl (C=O) groups excluding carboxylic acids is 3. The molecule has 0 radical (unpaired) electrons. The molecule has 0 bridgehead atoms. The van der Waals surface area contributed by atoms with Crippen LogP contribution in [0.15, 0.2) is 0 Å². The van der Waals surface area contributed by atoms with E-state index < -0.39 is 29.6 Å². The van der Waals surface area contributed by atoms with Gasteiger partial charge in [0, 0.05) is 17.9 Å². The maximum atomic E-state index is 12.5. The van der Waals surface area contributed by atoms with Crippen LogP contribution in [-0.4, -0.2) is 57.8 Å². The van der Waals surface area contributed by atoms with Gasteiger partial charge in [0.2, 0.25) is 5.91 Å². The van der Waals surface area contributed by atoms with E-state index >= 15 is 0 Å². The summed E-state index contributed by atoms with van der Waals surface area (Å²) in [4.78, 5) is 36.3. The van der Waals surface area contributed by atoms with Crippen LogP contribution in [0.25, 0.3) is 0 Å². The fourth-order valence-electron chi connectivity index (χ4n) is 4.90. The van der Waals surface area contributed by atoms with E-state index in [-0.39, 0.29) is 40.8 Å². The number of hydrogen-bond acceptors (Lipinski definition) is 7. The molecule has 7 nitrogen and oxygen atoms in total. The first-order valence-corrected chi connectivity index (χ1v) is 10.7. The van der Waals surface area contributed by atoms with Crippen molar-refractivity contribution in [3.63, 3.8) is 0 Å². The maximum absolute atomic E-state index is 12.5. The lowest BCUT2D eigenvalue weighted by Crippen LogP contribution is -2.56. The molecule has 3 rings (SSSR count). The van der Waals surface area contributed by atoms with Crippen molar-refractivity contribution in [1.82, 2.24) is 5.32 Å². The zero-order valence-corrected chi connectivity index (χ0v) is 17.1. The number of ether oxygens (including phenoxy) is 2. The number of thioether (sulfide) groups is 1. The second kappa shape index (κ2) is 7.62. The third-order valence-corrected chi connectivity index (χ3v) is 7.62. The quantitative estimate of drug-likeness (QED) is 0.649. The molecule has 1 amide bonds. The van der Waals surface area contributed by atoms with Crippen LogP contribution >= 0.6 is 11.8 Å². The first-order valence-electron chi connectivity index (χ1n) is 9.66. The summed E-state index contributed by atoms with van der Waals surface area (Å²) in [5.74, 6) is -1.14. The molecule has 1 saturated heterocycles. The largest absolute Gasteiger partial charge is 0.461 e. The Kier molecular flexibility index (Phi) is 5.77. The first kappa shape index (κ1) is 20.5. The Hall–Kier alpha value is -1.28. The number of rotatable bonds is 6. The highest BCUT2D eigenvalue weighted by Crippen LogP contribution is 2.58. The molecule has 0 spiro atoms. The summed E-state index contributed by atoms with van der Waals surface area (Å²) >= 11 is 1.45. The molecule has 1 unspecified atom stereocenters. The van der Waals surface area contributed by atoms with Crippen LogP contribution in [0.4, 0.5) is 0 Å². The van der Waals surface area contributed by atoms with Gasteiger partial charge in [-0.25, -0.2) is 4.79 Å². The molecular formula is C19H29NO6S. The van der Waals surface area contributed by atoms with Gasteiger partial charge < -0.3 is 19.9 Å². The van der Waals surface area contributed by atoms with Crippen molar-refractivity contribution in [1.29, 1.82) is 0 Å². The molecule has 3 fully saturated rings. The molecule has 2 N–H and O–H groups in total. The molecule has 1 aliphatic heterocycles. The van der Waals surface area contributed by atoms with E-state index in [0.717, 1.165) is 12.8 Å². The lowest BCUT2D eigenvalue weighted by molar-refractivity contribution is -0.150. The number of carbonyl (C=O) groups is 3. The van der Waals surface area contributed by atoms with Crippen molar-refractivity contribution < 1.29 is 29.0 Å². The van der Waals surface area contributed by atoms with E-state index in [1.807, 2.05) is 0 Å². The van der Waals surface area contributed by atoms with Crippen LogP contribution in [0.2, 0.25) is 0 Å². The topological polar surface area (TPSA) is 102 Å². The number of hydrogen-bond donors (Lipinski definition) is 2. The molecule has 2 saturated carbocycles. The van der Waals surface area contributed by atoms with Crippen LogP contribution < -0.4 is 5.32 Å². The van der Waals surface area contributed by atoms with Gasteiger partial charge in [0.15, 0.2) is 0 Å².